The Labute approximate surface area is 247 Å². The molecule has 11 heteroatoms. The minimum absolute atomic E-state index is 0.112. The molecule has 3 aromatic carbocycles. The summed E-state index contributed by atoms with van der Waals surface area (Å²) in [7, 11) is 1.50. The lowest BCUT2D eigenvalue weighted by molar-refractivity contribution is -0.115. The number of carbonyl (C=O) groups excluding carboxylic acids is 2. The summed E-state index contributed by atoms with van der Waals surface area (Å²) in [5.41, 5.74) is 3.76. The van der Waals surface area contributed by atoms with Crippen molar-refractivity contribution in [2.45, 2.75) is 25.9 Å². The minimum atomic E-state index is -1.02. The van der Waals surface area contributed by atoms with E-state index < -0.39 is 5.60 Å². The quantitative estimate of drug-likeness (QED) is 0.183. The first-order chi connectivity index (χ1) is 20.6. The second-order valence-corrected chi connectivity index (χ2v) is 10.6. The molecule has 4 N–H and O–H groups in total. The molecule has 0 aliphatic carbocycles. The number of pyridine rings is 1. The molecule has 2 heterocycles. The summed E-state index contributed by atoms with van der Waals surface area (Å²) in [4.78, 5) is 29.4. The van der Waals surface area contributed by atoms with E-state index in [1.54, 1.807) is 48.7 Å². The summed E-state index contributed by atoms with van der Waals surface area (Å²) in [5, 5.41) is 23.1. The van der Waals surface area contributed by atoms with Crippen molar-refractivity contribution in [2.24, 2.45) is 0 Å². The van der Waals surface area contributed by atoms with Crippen molar-refractivity contribution in [1.82, 2.24) is 19.9 Å². The van der Waals surface area contributed by atoms with Gasteiger partial charge >= 0.3 is 0 Å². The number of methoxy groups -OCH3 is 1. The van der Waals surface area contributed by atoms with Gasteiger partial charge in [0.25, 0.3) is 5.91 Å². The number of fused-ring (bicyclic) bond motifs is 1. The lowest BCUT2D eigenvalue weighted by Gasteiger charge is -2.18. The Hall–Kier alpha value is -5.29. The SMILES string of the molecule is COc1cc(C(=O)NCC(C)(C)O)ccc1Nc1nc2ccc(-c3ccc(NC(=O)Cc4ccc(F)cc4)cc3)cn2n1. The number of nitrogens with zero attached hydrogens (tertiary/aromatic N) is 3. The number of nitrogens with one attached hydrogen (secondary N) is 3. The zero-order valence-corrected chi connectivity index (χ0v) is 23.9. The topological polar surface area (TPSA) is 130 Å². The van der Waals surface area contributed by atoms with Crippen LogP contribution in [0.1, 0.15) is 29.8 Å². The van der Waals surface area contributed by atoms with Gasteiger partial charge in [0.2, 0.25) is 11.9 Å². The first kappa shape index (κ1) is 29.2. The smallest absolute Gasteiger partial charge is 0.251 e. The number of hydrogen-bond donors (Lipinski definition) is 4. The molecule has 220 valence electrons. The van der Waals surface area contributed by atoms with Crippen molar-refractivity contribution in [3.63, 3.8) is 0 Å². The van der Waals surface area contributed by atoms with Crippen molar-refractivity contribution < 1.29 is 23.8 Å². The van der Waals surface area contributed by atoms with E-state index in [0.29, 0.717) is 34.3 Å². The number of aromatic nitrogens is 3. The molecular weight excluding hydrogens is 551 g/mol. The summed E-state index contributed by atoms with van der Waals surface area (Å²) < 4.78 is 20.2. The van der Waals surface area contributed by atoms with Gasteiger partial charge in [0.05, 0.1) is 24.8 Å². The van der Waals surface area contributed by atoms with Gasteiger partial charge in [-0.3, -0.25) is 9.59 Å². The number of halogens is 1. The lowest BCUT2D eigenvalue weighted by Crippen LogP contribution is -2.38. The van der Waals surface area contributed by atoms with E-state index in [1.807, 2.05) is 42.6 Å². The van der Waals surface area contributed by atoms with Crippen molar-refractivity contribution in [3.8, 4) is 16.9 Å². The second kappa shape index (κ2) is 12.3. The standard InChI is InChI=1S/C32H31FN6O4/c1-32(2,42)19-34-30(41)22-8-14-26(27(17-22)43-3)36-31-37-28-15-9-23(18-39(28)38-31)21-6-12-25(13-7-21)35-29(40)16-20-4-10-24(33)11-5-20/h4-15,17-18,42H,16,19H2,1-3H3,(H,34,41)(H,35,40)(H,36,38). The number of ether oxygens (including phenoxy) is 1. The highest BCUT2D eigenvalue weighted by Gasteiger charge is 2.17. The summed E-state index contributed by atoms with van der Waals surface area (Å²) >= 11 is 0. The van der Waals surface area contributed by atoms with Crippen LogP contribution in [0.2, 0.25) is 0 Å². The molecule has 0 aliphatic rings. The summed E-state index contributed by atoms with van der Waals surface area (Å²) in [6, 6.07) is 22.0. The zero-order valence-electron chi connectivity index (χ0n) is 23.9. The highest BCUT2D eigenvalue weighted by molar-refractivity contribution is 5.95. The molecule has 5 rings (SSSR count). The molecule has 0 fully saturated rings. The van der Waals surface area contributed by atoms with Crippen LogP contribution in [0.3, 0.4) is 0 Å². The molecule has 0 atom stereocenters. The van der Waals surface area contributed by atoms with Crippen molar-refractivity contribution in [3.05, 3.63) is 102 Å². The molecule has 0 radical (unpaired) electrons. The highest BCUT2D eigenvalue weighted by Crippen LogP contribution is 2.29. The Bertz CT molecular complexity index is 1760. The summed E-state index contributed by atoms with van der Waals surface area (Å²) in [6.45, 7) is 3.34. The molecule has 0 bridgehead atoms. The monoisotopic (exact) mass is 582 g/mol. The van der Waals surface area contributed by atoms with E-state index in [2.05, 4.69) is 26.0 Å². The fourth-order valence-electron chi connectivity index (χ4n) is 4.30. The van der Waals surface area contributed by atoms with Gasteiger partial charge < -0.3 is 25.8 Å². The molecule has 0 aliphatic heterocycles. The normalized spacial score (nSPS) is 11.3. The fourth-order valence-corrected chi connectivity index (χ4v) is 4.30. The fraction of sp³-hybridized carbons (Fsp3) is 0.188. The van der Waals surface area contributed by atoms with Gasteiger partial charge in [-0.25, -0.2) is 8.91 Å². The van der Waals surface area contributed by atoms with Gasteiger partial charge in [0.1, 0.15) is 11.6 Å². The van der Waals surface area contributed by atoms with Crippen molar-refractivity contribution in [2.75, 3.05) is 24.3 Å². The molecule has 10 nitrogen and oxygen atoms in total. The van der Waals surface area contributed by atoms with Crippen LogP contribution < -0.4 is 20.7 Å². The zero-order chi connectivity index (χ0) is 30.6. The van der Waals surface area contributed by atoms with E-state index in [9.17, 15) is 19.1 Å². The van der Waals surface area contributed by atoms with E-state index in [1.165, 1.54) is 19.2 Å². The Kier molecular flexibility index (Phi) is 8.35. The molecule has 0 saturated heterocycles. The molecule has 5 aromatic rings. The molecular formula is C32H31FN6O4. The van der Waals surface area contributed by atoms with Crippen LogP contribution >= 0.6 is 0 Å². The van der Waals surface area contributed by atoms with Gasteiger partial charge in [-0.05, 0) is 79.6 Å². The number of rotatable bonds is 10. The van der Waals surface area contributed by atoms with Crippen LogP contribution in [-0.2, 0) is 11.2 Å². The van der Waals surface area contributed by atoms with E-state index in [4.69, 9.17) is 4.74 Å². The Morgan fingerprint density at radius 1 is 0.977 bits per heavy atom. The molecule has 0 saturated carbocycles. The number of aliphatic hydroxyl groups is 1. The van der Waals surface area contributed by atoms with E-state index in [0.717, 1.165) is 16.7 Å². The van der Waals surface area contributed by atoms with Crippen LogP contribution in [-0.4, -0.2) is 50.8 Å². The number of amides is 2. The van der Waals surface area contributed by atoms with Gasteiger partial charge in [-0.2, -0.15) is 4.98 Å². The average Bonchev–Trinajstić information content (AvgIpc) is 3.39. The van der Waals surface area contributed by atoms with Crippen LogP contribution in [0.4, 0.5) is 21.7 Å². The second-order valence-electron chi connectivity index (χ2n) is 10.6. The molecule has 0 unspecified atom stereocenters. The minimum Gasteiger partial charge on any atom is -0.495 e. The molecule has 0 spiro atoms. The van der Waals surface area contributed by atoms with Gasteiger partial charge in [-0.1, -0.05) is 24.3 Å². The van der Waals surface area contributed by atoms with Crippen LogP contribution in [0.5, 0.6) is 5.75 Å². The molecule has 2 aromatic heterocycles. The average molecular weight is 583 g/mol. The van der Waals surface area contributed by atoms with Crippen LogP contribution in [0, 0.1) is 5.82 Å². The van der Waals surface area contributed by atoms with Crippen molar-refractivity contribution >= 4 is 34.8 Å². The summed E-state index contributed by atoms with van der Waals surface area (Å²) in [6.07, 6.45) is 2.00. The lowest BCUT2D eigenvalue weighted by atomic mass is 10.1. The van der Waals surface area contributed by atoms with E-state index in [-0.39, 0.29) is 30.6 Å². The molecule has 2 amide bonds. The van der Waals surface area contributed by atoms with Crippen LogP contribution in [0.25, 0.3) is 16.8 Å². The third kappa shape index (κ3) is 7.52. The number of hydrogen-bond acceptors (Lipinski definition) is 7. The first-order valence-corrected chi connectivity index (χ1v) is 13.5. The predicted molar refractivity (Wildman–Crippen MR) is 162 cm³/mol. The maximum absolute atomic E-state index is 13.1. The van der Waals surface area contributed by atoms with Gasteiger partial charge in [0, 0.05) is 29.6 Å². The number of benzene rings is 3. The largest absolute Gasteiger partial charge is 0.495 e. The Morgan fingerprint density at radius 2 is 1.70 bits per heavy atom. The maximum Gasteiger partial charge on any atom is 0.251 e. The number of carbonyl (C=O) groups is 2. The Morgan fingerprint density at radius 3 is 2.40 bits per heavy atom. The number of anilines is 3. The van der Waals surface area contributed by atoms with E-state index >= 15 is 0 Å². The maximum atomic E-state index is 13.1. The predicted octanol–water partition coefficient (Wildman–Crippen LogP) is 4.97. The Balaban J connectivity index is 1.25. The first-order valence-electron chi connectivity index (χ1n) is 13.5. The molecule has 43 heavy (non-hydrogen) atoms. The van der Waals surface area contributed by atoms with Crippen molar-refractivity contribution in [1.29, 1.82) is 0 Å². The van der Waals surface area contributed by atoms with Gasteiger partial charge in [0.15, 0.2) is 5.65 Å². The third-order valence-corrected chi connectivity index (χ3v) is 6.50. The van der Waals surface area contributed by atoms with Crippen LogP contribution in [0.15, 0.2) is 85.1 Å². The third-order valence-electron chi connectivity index (χ3n) is 6.50. The highest BCUT2D eigenvalue weighted by atomic mass is 19.1. The summed E-state index contributed by atoms with van der Waals surface area (Å²) in [5.74, 6) is -0.0855. The van der Waals surface area contributed by atoms with Gasteiger partial charge in [-0.15, -0.1) is 5.10 Å².